The Morgan fingerprint density at radius 1 is 1.42 bits per heavy atom. The Kier molecular flexibility index (Phi) is 6.12. The second-order valence-electron chi connectivity index (χ2n) is 4.07. The van der Waals surface area contributed by atoms with E-state index in [-0.39, 0.29) is 6.61 Å². The summed E-state index contributed by atoms with van der Waals surface area (Å²) in [5.74, 6) is -0.629. The minimum absolute atomic E-state index is 0.279. The Morgan fingerprint density at radius 3 is 2.63 bits per heavy atom. The standard InChI is InChI=1S/C14H19ClO4/c1-4-9(14(17)19-5-2)13(16)12-10(15)7-6-8-11(12)18-3/h6-9,13,16H,4-5H2,1-3H3. The van der Waals surface area contributed by atoms with Crippen molar-refractivity contribution in [1.29, 1.82) is 0 Å². The molecule has 0 bridgehead atoms. The van der Waals surface area contributed by atoms with Crippen molar-refractivity contribution in [2.24, 2.45) is 5.92 Å². The molecule has 0 saturated carbocycles. The van der Waals surface area contributed by atoms with Gasteiger partial charge >= 0.3 is 5.97 Å². The quantitative estimate of drug-likeness (QED) is 0.817. The van der Waals surface area contributed by atoms with Crippen molar-refractivity contribution < 1.29 is 19.4 Å². The Labute approximate surface area is 118 Å². The highest BCUT2D eigenvalue weighted by Crippen LogP contribution is 2.37. The summed E-state index contributed by atoms with van der Waals surface area (Å²) in [6.45, 7) is 3.82. The molecule has 1 aromatic carbocycles. The molecular formula is C14H19ClO4. The van der Waals surface area contributed by atoms with Gasteiger partial charge in [0, 0.05) is 5.56 Å². The lowest BCUT2D eigenvalue weighted by Crippen LogP contribution is -2.24. The van der Waals surface area contributed by atoms with Gasteiger partial charge in [-0.2, -0.15) is 0 Å². The molecule has 106 valence electrons. The first kappa shape index (κ1) is 15.8. The molecule has 0 aliphatic carbocycles. The molecule has 0 radical (unpaired) electrons. The summed E-state index contributed by atoms with van der Waals surface area (Å²) in [5.41, 5.74) is 0.423. The molecule has 0 saturated heterocycles. The predicted octanol–water partition coefficient (Wildman–Crippen LogP) is 2.97. The molecule has 0 heterocycles. The number of benzene rings is 1. The maximum absolute atomic E-state index is 11.8. The normalized spacial score (nSPS) is 13.7. The molecule has 1 aromatic rings. The van der Waals surface area contributed by atoms with Gasteiger partial charge in [-0.05, 0) is 25.5 Å². The number of hydrogen-bond donors (Lipinski definition) is 1. The number of methoxy groups -OCH3 is 1. The van der Waals surface area contributed by atoms with Gasteiger partial charge in [0.2, 0.25) is 0 Å². The number of aliphatic hydroxyl groups is 1. The van der Waals surface area contributed by atoms with Crippen LogP contribution in [0.2, 0.25) is 5.02 Å². The van der Waals surface area contributed by atoms with Crippen molar-refractivity contribution in [3.8, 4) is 5.75 Å². The van der Waals surface area contributed by atoms with Gasteiger partial charge in [0.05, 0.1) is 30.8 Å². The van der Waals surface area contributed by atoms with Gasteiger partial charge in [0.15, 0.2) is 0 Å². The van der Waals surface area contributed by atoms with Crippen LogP contribution in [0, 0.1) is 5.92 Å². The second-order valence-corrected chi connectivity index (χ2v) is 4.47. The summed E-state index contributed by atoms with van der Waals surface area (Å²) in [6, 6.07) is 5.07. The van der Waals surface area contributed by atoms with Gasteiger partial charge in [0.25, 0.3) is 0 Å². The van der Waals surface area contributed by atoms with Crippen LogP contribution in [0.25, 0.3) is 0 Å². The van der Waals surface area contributed by atoms with Crippen molar-refractivity contribution in [3.05, 3.63) is 28.8 Å². The molecule has 0 aliphatic rings. The molecule has 0 fully saturated rings. The summed E-state index contributed by atoms with van der Waals surface area (Å²) < 4.78 is 10.2. The highest BCUT2D eigenvalue weighted by atomic mass is 35.5. The van der Waals surface area contributed by atoms with E-state index in [0.717, 1.165) is 0 Å². The van der Waals surface area contributed by atoms with E-state index in [1.165, 1.54) is 7.11 Å². The van der Waals surface area contributed by atoms with Crippen molar-refractivity contribution in [2.75, 3.05) is 13.7 Å². The molecule has 5 heteroatoms. The fourth-order valence-corrected chi connectivity index (χ4v) is 2.23. The van der Waals surface area contributed by atoms with E-state index in [2.05, 4.69) is 0 Å². The van der Waals surface area contributed by atoms with Crippen molar-refractivity contribution >= 4 is 17.6 Å². The average Bonchev–Trinajstić information content (AvgIpc) is 2.39. The molecule has 4 nitrogen and oxygen atoms in total. The SMILES string of the molecule is CCOC(=O)C(CC)C(O)c1c(Cl)cccc1OC. The molecule has 19 heavy (non-hydrogen) atoms. The zero-order valence-electron chi connectivity index (χ0n) is 11.4. The van der Waals surface area contributed by atoms with Crippen LogP contribution in [0.15, 0.2) is 18.2 Å². The molecule has 0 aliphatic heterocycles. The van der Waals surface area contributed by atoms with Crippen LogP contribution in [-0.4, -0.2) is 24.8 Å². The summed E-state index contributed by atoms with van der Waals surface area (Å²) >= 11 is 6.09. The number of carbonyl (C=O) groups is 1. The molecule has 0 aromatic heterocycles. The molecule has 2 unspecified atom stereocenters. The molecule has 1 N–H and O–H groups in total. The third kappa shape index (κ3) is 3.61. The zero-order valence-corrected chi connectivity index (χ0v) is 12.1. The fourth-order valence-electron chi connectivity index (χ4n) is 1.95. The minimum Gasteiger partial charge on any atom is -0.496 e. The van der Waals surface area contributed by atoms with E-state index < -0.39 is 18.0 Å². The van der Waals surface area contributed by atoms with Gasteiger partial charge in [-0.25, -0.2) is 0 Å². The summed E-state index contributed by atoms with van der Waals surface area (Å²) in [5, 5.41) is 10.8. The van der Waals surface area contributed by atoms with Crippen molar-refractivity contribution in [1.82, 2.24) is 0 Å². The highest BCUT2D eigenvalue weighted by Gasteiger charge is 2.31. The van der Waals surface area contributed by atoms with E-state index in [1.807, 2.05) is 6.92 Å². The molecule has 0 spiro atoms. The fraction of sp³-hybridized carbons (Fsp3) is 0.500. The van der Waals surface area contributed by atoms with Gasteiger partial charge in [-0.3, -0.25) is 4.79 Å². The zero-order chi connectivity index (χ0) is 14.4. The van der Waals surface area contributed by atoms with Crippen LogP contribution in [0.4, 0.5) is 0 Å². The first-order valence-corrected chi connectivity index (χ1v) is 6.61. The van der Waals surface area contributed by atoms with Crippen LogP contribution < -0.4 is 4.74 Å². The third-order valence-corrected chi connectivity index (χ3v) is 3.27. The average molecular weight is 287 g/mol. The lowest BCUT2D eigenvalue weighted by atomic mass is 9.93. The number of ether oxygens (including phenoxy) is 2. The first-order chi connectivity index (χ1) is 9.06. The highest BCUT2D eigenvalue weighted by molar-refractivity contribution is 6.31. The monoisotopic (exact) mass is 286 g/mol. The van der Waals surface area contributed by atoms with Gasteiger partial charge in [0.1, 0.15) is 5.75 Å². The third-order valence-electron chi connectivity index (χ3n) is 2.94. The Morgan fingerprint density at radius 2 is 2.11 bits per heavy atom. The Balaban J connectivity index is 3.10. The second kappa shape index (κ2) is 7.36. The summed E-state index contributed by atoms with van der Waals surface area (Å²) in [7, 11) is 1.49. The van der Waals surface area contributed by atoms with E-state index in [4.69, 9.17) is 21.1 Å². The predicted molar refractivity (Wildman–Crippen MR) is 73.4 cm³/mol. The van der Waals surface area contributed by atoms with E-state index in [9.17, 15) is 9.90 Å². The van der Waals surface area contributed by atoms with Crippen LogP contribution >= 0.6 is 11.6 Å². The maximum atomic E-state index is 11.8. The van der Waals surface area contributed by atoms with Gasteiger partial charge in [-0.15, -0.1) is 0 Å². The van der Waals surface area contributed by atoms with Crippen LogP contribution in [-0.2, 0) is 9.53 Å². The van der Waals surface area contributed by atoms with Crippen molar-refractivity contribution in [3.63, 3.8) is 0 Å². The van der Waals surface area contributed by atoms with Gasteiger partial charge < -0.3 is 14.6 Å². The summed E-state index contributed by atoms with van der Waals surface area (Å²) in [4.78, 5) is 11.8. The largest absolute Gasteiger partial charge is 0.496 e. The number of rotatable bonds is 6. The van der Waals surface area contributed by atoms with E-state index in [1.54, 1.807) is 25.1 Å². The number of aliphatic hydroxyl groups excluding tert-OH is 1. The molecule has 2 atom stereocenters. The van der Waals surface area contributed by atoms with Crippen LogP contribution in [0.3, 0.4) is 0 Å². The topological polar surface area (TPSA) is 55.8 Å². The number of carbonyl (C=O) groups excluding carboxylic acids is 1. The summed E-state index contributed by atoms with van der Waals surface area (Å²) in [6.07, 6.45) is -0.596. The lowest BCUT2D eigenvalue weighted by Gasteiger charge is -2.22. The van der Waals surface area contributed by atoms with Gasteiger partial charge in [-0.1, -0.05) is 24.6 Å². The Bertz CT molecular complexity index is 433. The Hall–Kier alpha value is -1.26. The number of esters is 1. The number of hydrogen-bond acceptors (Lipinski definition) is 4. The molecular weight excluding hydrogens is 268 g/mol. The first-order valence-electron chi connectivity index (χ1n) is 6.23. The van der Waals surface area contributed by atoms with Crippen LogP contribution in [0.1, 0.15) is 31.9 Å². The molecule has 1 rings (SSSR count). The van der Waals surface area contributed by atoms with Crippen molar-refractivity contribution in [2.45, 2.75) is 26.4 Å². The smallest absolute Gasteiger partial charge is 0.311 e. The van der Waals surface area contributed by atoms with Crippen LogP contribution in [0.5, 0.6) is 5.75 Å². The maximum Gasteiger partial charge on any atom is 0.311 e. The molecule has 0 amide bonds. The van der Waals surface area contributed by atoms with E-state index in [0.29, 0.717) is 22.8 Å². The minimum atomic E-state index is -1.05. The van der Waals surface area contributed by atoms with E-state index >= 15 is 0 Å². The lowest BCUT2D eigenvalue weighted by molar-refractivity contribution is -0.152. The number of halogens is 1.